The minimum Gasteiger partial charge on any atom is -0.352 e. The van der Waals surface area contributed by atoms with Crippen LogP contribution in [-0.2, 0) is 4.79 Å². The van der Waals surface area contributed by atoms with Crippen LogP contribution in [-0.4, -0.2) is 36.5 Å². The van der Waals surface area contributed by atoms with Crippen molar-refractivity contribution in [3.05, 3.63) is 12.7 Å². The Labute approximate surface area is 102 Å². The van der Waals surface area contributed by atoms with Gasteiger partial charge in [-0.2, -0.15) is 11.8 Å². The molecule has 2 N–H and O–H groups in total. The third kappa shape index (κ3) is 5.03. The van der Waals surface area contributed by atoms with Crippen LogP contribution in [0.5, 0.6) is 0 Å². The molecule has 1 saturated carbocycles. The number of nitrogens with one attached hydrogen (secondary N) is 2. The maximum absolute atomic E-state index is 11.6. The average molecular weight is 242 g/mol. The molecule has 2 atom stereocenters. The van der Waals surface area contributed by atoms with Crippen LogP contribution in [0.3, 0.4) is 0 Å². The fraction of sp³-hybridized carbons (Fsp3) is 0.750. The third-order valence-electron chi connectivity index (χ3n) is 2.90. The lowest BCUT2D eigenvalue weighted by Crippen LogP contribution is -2.43. The van der Waals surface area contributed by atoms with Crippen molar-refractivity contribution in [1.82, 2.24) is 10.6 Å². The largest absolute Gasteiger partial charge is 0.352 e. The van der Waals surface area contributed by atoms with E-state index in [0.29, 0.717) is 19.1 Å². The number of rotatable bonds is 6. The maximum Gasteiger partial charge on any atom is 0.234 e. The second kappa shape index (κ2) is 7.74. The molecule has 0 bridgehead atoms. The summed E-state index contributed by atoms with van der Waals surface area (Å²) < 4.78 is 0. The molecule has 0 saturated heterocycles. The summed E-state index contributed by atoms with van der Waals surface area (Å²) in [7, 11) is 0. The molecule has 0 spiro atoms. The summed E-state index contributed by atoms with van der Waals surface area (Å²) in [6.07, 6.45) is 8.69. The molecule has 0 aliphatic heterocycles. The standard InChI is InChI=1S/C12H22N2OS/c1-3-7-13-9-12(15)14-10-5-4-6-11(8-10)16-2/h3,10-11,13H,1,4-9H2,2H3,(H,14,15). The van der Waals surface area contributed by atoms with E-state index in [2.05, 4.69) is 23.5 Å². The SMILES string of the molecule is C=CCNCC(=O)NC1CCCC(SC)C1. The Morgan fingerprint density at radius 2 is 2.38 bits per heavy atom. The quantitative estimate of drug-likeness (QED) is 0.548. The van der Waals surface area contributed by atoms with E-state index in [1.807, 2.05) is 11.8 Å². The summed E-state index contributed by atoms with van der Waals surface area (Å²) in [5.41, 5.74) is 0. The third-order valence-corrected chi connectivity index (χ3v) is 3.99. The van der Waals surface area contributed by atoms with E-state index in [1.165, 1.54) is 12.8 Å². The van der Waals surface area contributed by atoms with Crippen molar-refractivity contribution in [3.63, 3.8) is 0 Å². The molecule has 0 heterocycles. The first kappa shape index (κ1) is 13.6. The van der Waals surface area contributed by atoms with Gasteiger partial charge >= 0.3 is 0 Å². The zero-order chi connectivity index (χ0) is 11.8. The second-order valence-electron chi connectivity index (χ2n) is 4.21. The van der Waals surface area contributed by atoms with E-state index in [9.17, 15) is 4.79 Å². The van der Waals surface area contributed by atoms with Gasteiger partial charge in [-0.15, -0.1) is 6.58 Å². The van der Waals surface area contributed by atoms with Gasteiger partial charge in [0, 0.05) is 17.8 Å². The first-order valence-corrected chi connectivity index (χ1v) is 7.18. The van der Waals surface area contributed by atoms with Crippen LogP contribution in [0.4, 0.5) is 0 Å². The molecule has 1 amide bonds. The summed E-state index contributed by atoms with van der Waals surface area (Å²) in [4.78, 5) is 11.6. The van der Waals surface area contributed by atoms with Gasteiger partial charge in [0.05, 0.1) is 6.54 Å². The van der Waals surface area contributed by atoms with E-state index in [-0.39, 0.29) is 5.91 Å². The summed E-state index contributed by atoms with van der Waals surface area (Å²) >= 11 is 1.92. The van der Waals surface area contributed by atoms with Gasteiger partial charge in [-0.25, -0.2) is 0 Å². The van der Waals surface area contributed by atoms with Crippen LogP contribution < -0.4 is 10.6 Å². The van der Waals surface area contributed by atoms with Gasteiger partial charge in [-0.05, 0) is 25.5 Å². The summed E-state index contributed by atoms with van der Waals surface area (Å²) in [5, 5.41) is 6.83. The van der Waals surface area contributed by atoms with Crippen molar-refractivity contribution in [2.75, 3.05) is 19.3 Å². The molecule has 0 aromatic heterocycles. The highest BCUT2D eigenvalue weighted by Gasteiger charge is 2.22. The Kier molecular flexibility index (Phi) is 6.57. The molecule has 4 heteroatoms. The zero-order valence-electron chi connectivity index (χ0n) is 10.00. The summed E-state index contributed by atoms with van der Waals surface area (Å²) in [5.74, 6) is 0.105. The van der Waals surface area contributed by atoms with Crippen LogP contribution in [0.15, 0.2) is 12.7 Å². The predicted molar refractivity (Wildman–Crippen MR) is 70.8 cm³/mol. The summed E-state index contributed by atoms with van der Waals surface area (Å²) in [6.45, 7) is 4.68. The van der Waals surface area contributed by atoms with Crippen molar-refractivity contribution < 1.29 is 4.79 Å². The van der Waals surface area contributed by atoms with E-state index in [0.717, 1.165) is 18.1 Å². The van der Waals surface area contributed by atoms with Gasteiger partial charge in [-0.3, -0.25) is 4.79 Å². The van der Waals surface area contributed by atoms with Crippen molar-refractivity contribution in [1.29, 1.82) is 0 Å². The molecule has 1 fully saturated rings. The molecule has 1 aliphatic rings. The minimum atomic E-state index is 0.105. The Morgan fingerprint density at radius 3 is 3.06 bits per heavy atom. The number of amides is 1. The number of thioether (sulfide) groups is 1. The lowest BCUT2D eigenvalue weighted by Gasteiger charge is -2.28. The molecule has 0 aromatic rings. The first-order chi connectivity index (χ1) is 7.76. The van der Waals surface area contributed by atoms with Gasteiger partial charge < -0.3 is 10.6 Å². The molecule has 0 radical (unpaired) electrons. The van der Waals surface area contributed by atoms with E-state index in [1.54, 1.807) is 6.08 Å². The Bertz CT molecular complexity index is 233. The molecule has 2 unspecified atom stereocenters. The van der Waals surface area contributed by atoms with Gasteiger partial charge in [0.2, 0.25) is 5.91 Å². The van der Waals surface area contributed by atoms with E-state index >= 15 is 0 Å². The summed E-state index contributed by atoms with van der Waals surface area (Å²) in [6, 6.07) is 0.379. The number of hydrogen-bond donors (Lipinski definition) is 2. The molecular weight excluding hydrogens is 220 g/mol. The van der Waals surface area contributed by atoms with Crippen molar-refractivity contribution in [2.24, 2.45) is 0 Å². The minimum absolute atomic E-state index is 0.105. The Hall–Kier alpha value is -0.480. The monoisotopic (exact) mass is 242 g/mol. The molecule has 0 aromatic carbocycles. The highest BCUT2D eigenvalue weighted by Crippen LogP contribution is 2.26. The lowest BCUT2D eigenvalue weighted by atomic mass is 9.95. The molecular formula is C12H22N2OS. The number of carbonyl (C=O) groups is 1. The van der Waals surface area contributed by atoms with Crippen LogP contribution in [0.25, 0.3) is 0 Å². The van der Waals surface area contributed by atoms with Gasteiger partial charge in [-0.1, -0.05) is 12.5 Å². The molecule has 3 nitrogen and oxygen atoms in total. The number of hydrogen-bond acceptors (Lipinski definition) is 3. The Morgan fingerprint density at radius 1 is 1.56 bits per heavy atom. The smallest absolute Gasteiger partial charge is 0.234 e. The van der Waals surface area contributed by atoms with Gasteiger partial charge in [0.25, 0.3) is 0 Å². The molecule has 92 valence electrons. The van der Waals surface area contributed by atoms with E-state index in [4.69, 9.17) is 0 Å². The normalized spacial score (nSPS) is 25.1. The second-order valence-corrected chi connectivity index (χ2v) is 5.35. The molecule has 1 aliphatic carbocycles. The van der Waals surface area contributed by atoms with Gasteiger partial charge in [0.1, 0.15) is 0 Å². The fourth-order valence-corrected chi connectivity index (χ4v) is 2.88. The van der Waals surface area contributed by atoms with Crippen LogP contribution >= 0.6 is 11.8 Å². The average Bonchev–Trinajstić information content (AvgIpc) is 2.29. The van der Waals surface area contributed by atoms with E-state index < -0.39 is 0 Å². The van der Waals surface area contributed by atoms with Crippen molar-refractivity contribution in [2.45, 2.75) is 37.0 Å². The maximum atomic E-state index is 11.6. The molecule has 1 rings (SSSR count). The van der Waals surface area contributed by atoms with Crippen LogP contribution in [0.2, 0.25) is 0 Å². The van der Waals surface area contributed by atoms with Gasteiger partial charge in [0.15, 0.2) is 0 Å². The topological polar surface area (TPSA) is 41.1 Å². The Balaban J connectivity index is 2.19. The van der Waals surface area contributed by atoms with Crippen molar-refractivity contribution >= 4 is 17.7 Å². The van der Waals surface area contributed by atoms with Crippen LogP contribution in [0, 0.1) is 0 Å². The highest BCUT2D eigenvalue weighted by atomic mass is 32.2. The van der Waals surface area contributed by atoms with Crippen molar-refractivity contribution in [3.8, 4) is 0 Å². The number of carbonyl (C=O) groups excluding carboxylic acids is 1. The molecule has 16 heavy (non-hydrogen) atoms. The zero-order valence-corrected chi connectivity index (χ0v) is 10.8. The highest BCUT2D eigenvalue weighted by molar-refractivity contribution is 7.99. The lowest BCUT2D eigenvalue weighted by molar-refractivity contribution is -0.121. The fourth-order valence-electron chi connectivity index (χ4n) is 2.06. The van der Waals surface area contributed by atoms with Crippen LogP contribution in [0.1, 0.15) is 25.7 Å². The first-order valence-electron chi connectivity index (χ1n) is 5.90. The predicted octanol–water partition coefficient (Wildman–Crippen LogP) is 1.55.